The summed E-state index contributed by atoms with van der Waals surface area (Å²) in [4.78, 5) is 28.0. The monoisotopic (exact) mass is 335 g/mol. The van der Waals surface area contributed by atoms with Crippen LogP contribution >= 0.6 is 22.9 Å². The second kappa shape index (κ2) is 6.46. The number of nitrogens with one attached hydrogen (secondary N) is 2. The number of carbonyl (C=O) groups excluding carboxylic acids is 2. The Bertz CT molecular complexity index is 695. The lowest BCUT2D eigenvalue weighted by molar-refractivity contribution is -0.120. The van der Waals surface area contributed by atoms with Crippen LogP contribution in [0.25, 0.3) is 0 Å². The Kier molecular flexibility index (Phi) is 4.40. The highest BCUT2D eigenvalue weighted by atomic mass is 35.5. The first-order valence-corrected chi connectivity index (χ1v) is 8.16. The summed E-state index contributed by atoms with van der Waals surface area (Å²) in [6.45, 7) is 0. The van der Waals surface area contributed by atoms with E-state index in [0.29, 0.717) is 27.5 Å². The molecule has 0 radical (unpaired) electrons. The number of benzene rings is 1. The van der Waals surface area contributed by atoms with Gasteiger partial charge in [-0.15, -0.1) is 11.3 Å². The smallest absolute Gasteiger partial charge is 0.257 e. The molecule has 7 heteroatoms. The molecule has 22 heavy (non-hydrogen) atoms. The number of hydrogen-bond donors (Lipinski definition) is 2. The van der Waals surface area contributed by atoms with Gasteiger partial charge in [-0.3, -0.25) is 14.9 Å². The molecule has 1 saturated carbocycles. The molecule has 2 amide bonds. The van der Waals surface area contributed by atoms with E-state index in [2.05, 4.69) is 15.6 Å². The van der Waals surface area contributed by atoms with Gasteiger partial charge < -0.3 is 5.32 Å². The summed E-state index contributed by atoms with van der Waals surface area (Å²) in [7, 11) is 0. The molecule has 0 bridgehead atoms. The maximum Gasteiger partial charge on any atom is 0.257 e. The van der Waals surface area contributed by atoms with Gasteiger partial charge >= 0.3 is 0 Å². The highest BCUT2D eigenvalue weighted by Crippen LogP contribution is 2.20. The maximum absolute atomic E-state index is 12.0. The fourth-order valence-corrected chi connectivity index (χ4v) is 2.72. The highest BCUT2D eigenvalue weighted by Gasteiger charge is 2.23. The van der Waals surface area contributed by atoms with Gasteiger partial charge in [-0.2, -0.15) is 0 Å². The third kappa shape index (κ3) is 4.05. The Morgan fingerprint density at radius 3 is 2.68 bits per heavy atom. The van der Waals surface area contributed by atoms with Gasteiger partial charge in [0, 0.05) is 22.0 Å². The highest BCUT2D eigenvalue weighted by molar-refractivity contribution is 7.14. The Balaban J connectivity index is 1.57. The topological polar surface area (TPSA) is 71.1 Å². The van der Waals surface area contributed by atoms with E-state index in [1.165, 1.54) is 11.3 Å². The van der Waals surface area contributed by atoms with Crippen LogP contribution in [0.5, 0.6) is 0 Å². The van der Waals surface area contributed by atoms with Gasteiger partial charge in [0.1, 0.15) is 0 Å². The first-order valence-electron chi connectivity index (χ1n) is 6.91. The van der Waals surface area contributed by atoms with E-state index < -0.39 is 0 Å². The van der Waals surface area contributed by atoms with Gasteiger partial charge in [0.05, 0.1) is 12.1 Å². The molecule has 5 nitrogen and oxygen atoms in total. The molecule has 0 unspecified atom stereocenters. The number of hydrogen-bond acceptors (Lipinski definition) is 4. The van der Waals surface area contributed by atoms with Gasteiger partial charge in [-0.25, -0.2) is 4.98 Å². The summed E-state index contributed by atoms with van der Waals surface area (Å²) < 4.78 is 0. The van der Waals surface area contributed by atoms with Crippen LogP contribution < -0.4 is 10.6 Å². The van der Waals surface area contributed by atoms with Gasteiger partial charge in [0.25, 0.3) is 5.91 Å². The summed E-state index contributed by atoms with van der Waals surface area (Å²) in [5, 5.41) is 8.47. The molecule has 2 N–H and O–H groups in total. The predicted molar refractivity (Wildman–Crippen MR) is 86.4 cm³/mol. The van der Waals surface area contributed by atoms with Crippen molar-refractivity contribution >= 4 is 39.9 Å². The summed E-state index contributed by atoms with van der Waals surface area (Å²) in [5.74, 6) is -0.275. The molecular weight excluding hydrogens is 322 g/mol. The minimum Gasteiger partial charge on any atom is -0.353 e. The minimum atomic E-state index is -0.250. The summed E-state index contributed by atoms with van der Waals surface area (Å²) in [6.07, 6.45) is 2.36. The second-order valence-corrected chi connectivity index (χ2v) is 6.42. The predicted octanol–water partition coefficient (Wildman–Crippen LogP) is 2.87. The third-order valence-electron chi connectivity index (χ3n) is 3.16. The van der Waals surface area contributed by atoms with E-state index in [-0.39, 0.29) is 18.2 Å². The minimum absolute atomic E-state index is 0.0247. The third-order valence-corrected chi connectivity index (χ3v) is 4.22. The van der Waals surface area contributed by atoms with Crippen molar-refractivity contribution in [3.63, 3.8) is 0 Å². The van der Waals surface area contributed by atoms with E-state index in [0.717, 1.165) is 12.8 Å². The summed E-state index contributed by atoms with van der Waals surface area (Å²) in [5.41, 5.74) is 1.17. The van der Waals surface area contributed by atoms with Crippen LogP contribution in [-0.4, -0.2) is 22.8 Å². The number of amides is 2. The summed E-state index contributed by atoms with van der Waals surface area (Å²) in [6, 6.07) is 6.96. The van der Waals surface area contributed by atoms with E-state index >= 15 is 0 Å². The Morgan fingerprint density at radius 2 is 2.00 bits per heavy atom. The molecule has 1 aromatic carbocycles. The SMILES string of the molecule is O=C(Cc1csc(NC(=O)c2ccc(Cl)cc2)n1)NC1CC1. The van der Waals surface area contributed by atoms with Crippen LogP contribution in [0.4, 0.5) is 5.13 Å². The average molecular weight is 336 g/mol. The zero-order chi connectivity index (χ0) is 15.5. The molecule has 1 heterocycles. The van der Waals surface area contributed by atoms with Gasteiger partial charge in [-0.05, 0) is 37.1 Å². The number of thiazole rings is 1. The number of rotatable bonds is 5. The molecule has 1 aliphatic rings. The van der Waals surface area contributed by atoms with Crippen molar-refractivity contribution in [2.75, 3.05) is 5.32 Å². The lowest BCUT2D eigenvalue weighted by atomic mass is 10.2. The molecule has 1 aliphatic carbocycles. The first-order chi connectivity index (χ1) is 10.6. The average Bonchev–Trinajstić information content (AvgIpc) is 3.18. The number of anilines is 1. The van der Waals surface area contributed by atoms with Gasteiger partial charge in [0.2, 0.25) is 5.91 Å². The van der Waals surface area contributed by atoms with E-state index in [9.17, 15) is 9.59 Å². The molecule has 0 atom stereocenters. The zero-order valence-electron chi connectivity index (χ0n) is 11.6. The van der Waals surface area contributed by atoms with Crippen molar-refractivity contribution < 1.29 is 9.59 Å². The van der Waals surface area contributed by atoms with Crippen molar-refractivity contribution in [3.05, 3.63) is 45.9 Å². The van der Waals surface area contributed by atoms with Crippen LogP contribution in [0.2, 0.25) is 5.02 Å². The van der Waals surface area contributed by atoms with Crippen molar-refractivity contribution in [3.8, 4) is 0 Å². The Labute approximate surface area is 136 Å². The van der Waals surface area contributed by atoms with E-state index in [4.69, 9.17) is 11.6 Å². The Hall–Kier alpha value is -1.92. The van der Waals surface area contributed by atoms with Crippen molar-refractivity contribution in [2.24, 2.45) is 0 Å². The molecule has 114 valence electrons. The van der Waals surface area contributed by atoms with Gasteiger partial charge in [0.15, 0.2) is 5.13 Å². The van der Waals surface area contributed by atoms with Crippen LogP contribution in [0.1, 0.15) is 28.9 Å². The lowest BCUT2D eigenvalue weighted by Gasteiger charge is -2.02. The standard InChI is InChI=1S/C15H14ClN3O2S/c16-10-3-1-9(2-4-10)14(21)19-15-18-12(8-22-15)7-13(20)17-11-5-6-11/h1-4,8,11H,5-7H2,(H,17,20)(H,18,19,21). The van der Waals surface area contributed by atoms with Crippen LogP contribution in [-0.2, 0) is 11.2 Å². The van der Waals surface area contributed by atoms with Crippen molar-refractivity contribution in [1.82, 2.24) is 10.3 Å². The maximum atomic E-state index is 12.0. The Morgan fingerprint density at radius 1 is 1.27 bits per heavy atom. The van der Waals surface area contributed by atoms with Crippen LogP contribution in [0.15, 0.2) is 29.6 Å². The van der Waals surface area contributed by atoms with Gasteiger partial charge in [-0.1, -0.05) is 11.6 Å². The number of aromatic nitrogens is 1. The largest absolute Gasteiger partial charge is 0.353 e. The number of nitrogens with zero attached hydrogens (tertiary/aromatic N) is 1. The van der Waals surface area contributed by atoms with E-state index in [1.54, 1.807) is 29.6 Å². The molecular formula is C15H14ClN3O2S. The fourth-order valence-electron chi connectivity index (χ4n) is 1.89. The fraction of sp³-hybridized carbons (Fsp3) is 0.267. The molecule has 0 spiro atoms. The van der Waals surface area contributed by atoms with Crippen molar-refractivity contribution in [2.45, 2.75) is 25.3 Å². The number of halogens is 1. The molecule has 3 rings (SSSR count). The molecule has 1 fully saturated rings. The molecule has 0 aliphatic heterocycles. The first kappa shape index (κ1) is 15.0. The van der Waals surface area contributed by atoms with Crippen LogP contribution in [0.3, 0.4) is 0 Å². The molecule has 2 aromatic rings. The zero-order valence-corrected chi connectivity index (χ0v) is 13.2. The molecule has 1 aromatic heterocycles. The van der Waals surface area contributed by atoms with E-state index in [1.807, 2.05) is 0 Å². The second-order valence-electron chi connectivity index (χ2n) is 5.12. The lowest BCUT2D eigenvalue weighted by Crippen LogP contribution is -2.27. The normalized spacial score (nSPS) is 13.7. The number of carbonyl (C=O) groups is 2. The quantitative estimate of drug-likeness (QED) is 0.882. The van der Waals surface area contributed by atoms with Crippen LogP contribution in [0, 0.1) is 0 Å². The van der Waals surface area contributed by atoms with Crippen molar-refractivity contribution in [1.29, 1.82) is 0 Å². The molecule has 0 saturated heterocycles. The summed E-state index contributed by atoms with van der Waals surface area (Å²) >= 11 is 7.09.